The van der Waals surface area contributed by atoms with Gasteiger partial charge in [-0.2, -0.15) is 0 Å². The Balaban J connectivity index is 2.49. The van der Waals surface area contributed by atoms with Gasteiger partial charge in [0.15, 0.2) is 9.84 Å². The molecule has 0 aliphatic heterocycles. The monoisotopic (exact) mass is 291 g/mol. The lowest BCUT2D eigenvalue weighted by Gasteiger charge is -2.25. The van der Waals surface area contributed by atoms with Crippen LogP contribution in [-0.2, 0) is 19.4 Å². The number of carbonyl (C=O) groups is 2. The van der Waals surface area contributed by atoms with Gasteiger partial charge in [0.25, 0.3) is 0 Å². The quantitative estimate of drug-likeness (QED) is 0.673. The van der Waals surface area contributed by atoms with E-state index in [2.05, 4.69) is 5.32 Å². The van der Waals surface area contributed by atoms with Gasteiger partial charge in [-0.05, 0) is 25.7 Å². The first-order valence-corrected chi connectivity index (χ1v) is 8.38. The molecule has 6 nitrogen and oxygen atoms in total. The minimum absolute atomic E-state index is 0.0626. The van der Waals surface area contributed by atoms with Gasteiger partial charge in [-0.25, -0.2) is 8.42 Å². The van der Waals surface area contributed by atoms with Gasteiger partial charge in [-0.1, -0.05) is 12.8 Å². The summed E-state index contributed by atoms with van der Waals surface area (Å²) in [6.45, 7) is 0.323. The molecule has 1 amide bonds. The minimum Gasteiger partial charge on any atom is -0.481 e. The van der Waals surface area contributed by atoms with E-state index in [4.69, 9.17) is 5.11 Å². The molecule has 1 aliphatic carbocycles. The summed E-state index contributed by atoms with van der Waals surface area (Å²) in [6.07, 6.45) is 4.45. The maximum absolute atomic E-state index is 12.1. The summed E-state index contributed by atoms with van der Waals surface area (Å²) in [5.41, 5.74) is 0. The van der Waals surface area contributed by atoms with E-state index < -0.39 is 26.5 Å². The fraction of sp³-hybridized carbons (Fsp3) is 0.833. The minimum atomic E-state index is -3.43. The van der Waals surface area contributed by atoms with E-state index >= 15 is 0 Å². The second-order valence-corrected chi connectivity index (χ2v) is 7.41. The highest BCUT2D eigenvalue weighted by atomic mass is 32.2. The molecule has 0 spiro atoms. The number of hydrogen-bond acceptors (Lipinski definition) is 4. The molecule has 1 aliphatic rings. The molecule has 19 heavy (non-hydrogen) atoms. The van der Waals surface area contributed by atoms with Gasteiger partial charge in [0.05, 0.1) is 0 Å². The Bertz CT molecular complexity index is 437. The van der Waals surface area contributed by atoms with Crippen LogP contribution >= 0.6 is 0 Å². The van der Waals surface area contributed by atoms with Gasteiger partial charge in [-0.15, -0.1) is 0 Å². The lowest BCUT2D eigenvalue weighted by atomic mass is 10.1. The number of nitrogens with one attached hydrogen (secondary N) is 1. The molecule has 0 bridgehead atoms. The van der Waals surface area contributed by atoms with Crippen LogP contribution in [0.5, 0.6) is 0 Å². The topological polar surface area (TPSA) is 101 Å². The third kappa shape index (κ3) is 3.92. The zero-order chi connectivity index (χ0) is 14.5. The molecule has 0 heterocycles. The fourth-order valence-corrected chi connectivity index (χ4v) is 3.92. The lowest BCUT2D eigenvalue weighted by Crippen LogP contribution is -2.50. The van der Waals surface area contributed by atoms with Crippen LogP contribution in [0.15, 0.2) is 0 Å². The number of carbonyl (C=O) groups excluding carboxylic acids is 1. The molecule has 1 saturated carbocycles. The maximum atomic E-state index is 12.1. The molecule has 0 radical (unpaired) electrons. The first-order chi connectivity index (χ1) is 8.79. The van der Waals surface area contributed by atoms with E-state index in [0.29, 0.717) is 32.2 Å². The Morgan fingerprint density at radius 2 is 1.79 bits per heavy atom. The first-order valence-electron chi connectivity index (χ1n) is 6.49. The molecule has 1 fully saturated rings. The smallest absolute Gasteiger partial charge is 0.303 e. The molecule has 110 valence electrons. The number of unbranched alkanes of at least 4 members (excludes halogenated alkanes) is 1. The van der Waals surface area contributed by atoms with Crippen LogP contribution in [0.3, 0.4) is 0 Å². The summed E-state index contributed by atoms with van der Waals surface area (Å²) in [6, 6.07) is 0. The lowest BCUT2D eigenvalue weighted by molar-refractivity contribution is -0.137. The normalized spacial score (nSPS) is 18.2. The molecule has 0 unspecified atom stereocenters. The fourth-order valence-electron chi connectivity index (χ4n) is 2.48. The van der Waals surface area contributed by atoms with E-state index in [1.54, 1.807) is 0 Å². The van der Waals surface area contributed by atoms with Gasteiger partial charge < -0.3 is 10.4 Å². The summed E-state index contributed by atoms with van der Waals surface area (Å²) >= 11 is 0. The number of hydrogen-bond donors (Lipinski definition) is 2. The third-order valence-electron chi connectivity index (χ3n) is 3.64. The molecule has 0 aromatic heterocycles. The molecule has 2 N–H and O–H groups in total. The molecule has 0 atom stereocenters. The predicted molar refractivity (Wildman–Crippen MR) is 70.5 cm³/mol. The van der Waals surface area contributed by atoms with Gasteiger partial charge in [0.2, 0.25) is 5.91 Å². The Morgan fingerprint density at radius 3 is 2.26 bits per heavy atom. The Kier molecular flexibility index (Phi) is 5.34. The highest BCUT2D eigenvalue weighted by Crippen LogP contribution is 2.36. The van der Waals surface area contributed by atoms with Gasteiger partial charge in [0.1, 0.15) is 4.75 Å². The Hall–Kier alpha value is -1.11. The van der Waals surface area contributed by atoms with Crippen molar-refractivity contribution in [1.29, 1.82) is 0 Å². The Labute approximate surface area is 113 Å². The van der Waals surface area contributed by atoms with Crippen LogP contribution in [0.25, 0.3) is 0 Å². The van der Waals surface area contributed by atoms with Gasteiger partial charge in [-0.3, -0.25) is 9.59 Å². The van der Waals surface area contributed by atoms with Crippen molar-refractivity contribution < 1.29 is 23.1 Å². The molecular formula is C12H21NO5S. The van der Waals surface area contributed by atoms with Crippen molar-refractivity contribution in [3.8, 4) is 0 Å². The van der Waals surface area contributed by atoms with E-state index in [-0.39, 0.29) is 6.42 Å². The summed E-state index contributed by atoms with van der Waals surface area (Å²) in [4.78, 5) is 22.4. The van der Waals surface area contributed by atoms with Crippen molar-refractivity contribution >= 4 is 21.7 Å². The highest BCUT2D eigenvalue weighted by molar-refractivity contribution is 7.92. The number of carboxylic acid groups (broad SMARTS) is 1. The van der Waals surface area contributed by atoms with Crippen molar-refractivity contribution in [2.45, 2.75) is 49.7 Å². The predicted octanol–water partition coefficient (Wildman–Crippen LogP) is 0.715. The van der Waals surface area contributed by atoms with Gasteiger partial charge in [0, 0.05) is 19.2 Å². The van der Waals surface area contributed by atoms with E-state index in [1.165, 1.54) is 0 Å². The third-order valence-corrected chi connectivity index (χ3v) is 5.65. The van der Waals surface area contributed by atoms with Crippen molar-refractivity contribution in [3.05, 3.63) is 0 Å². The molecule has 7 heteroatoms. The highest BCUT2D eigenvalue weighted by Gasteiger charge is 2.49. The molecule has 1 rings (SSSR count). The largest absolute Gasteiger partial charge is 0.481 e. The molecular weight excluding hydrogens is 270 g/mol. The number of sulfone groups is 1. The van der Waals surface area contributed by atoms with Crippen LogP contribution < -0.4 is 5.32 Å². The van der Waals surface area contributed by atoms with Crippen molar-refractivity contribution in [2.75, 3.05) is 12.8 Å². The van der Waals surface area contributed by atoms with Crippen molar-refractivity contribution in [2.24, 2.45) is 0 Å². The second kappa shape index (κ2) is 6.36. The Morgan fingerprint density at radius 1 is 1.21 bits per heavy atom. The average molecular weight is 291 g/mol. The average Bonchev–Trinajstić information content (AvgIpc) is 2.77. The van der Waals surface area contributed by atoms with Gasteiger partial charge >= 0.3 is 5.97 Å². The van der Waals surface area contributed by atoms with Crippen LogP contribution in [0.2, 0.25) is 0 Å². The van der Waals surface area contributed by atoms with E-state index in [9.17, 15) is 18.0 Å². The van der Waals surface area contributed by atoms with E-state index in [1.807, 2.05) is 0 Å². The summed E-state index contributed by atoms with van der Waals surface area (Å²) < 4.78 is 22.4. The van der Waals surface area contributed by atoms with Crippen molar-refractivity contribution in [1.82, 2.24) is 5.32 Å². The zero-order valence-corrected chi connectivity index (χ0v) is 12.0. The number of carboxylic acids is 1. The molecule has 0 aromatic rings. The summed E-state index contributed by atoms with van der Waals surface area (Å²) in [7, 11) is -3.43. The van der Waals surface area contributed by atoms with Crippen LogP contribution in [0.4, 0.5) is 0 Å². The summed E-state index contributed by atoms with van der Waals surface area (Å²) in [5, 5.41) is 11.1. The molecule has 0 saturated heterocycles. The zero-order valence-electron chi connectivity index (χ0n) is 11.1. The SMILES string of the molecule is CS(=O)(=O)C1(C(=O)NCCCCC(=O)O)CCCC1. The second-order valence-electron chi connectivity index (χ2n) is 5.08. The number of aliphatic carboxylic acids is 1. The number of rotatable bonds is 7. The van der Waals surface area contributed by atoms with Crippen LogP contribution in [0.1, 0.15) is 44.9 Å². The number of amides is 1. The van der Waals surface area contributed by atoms with E-state index in [0.717, 1.165) is 19.1 Å². The summed E-state index contributed by atoms with van der Waals surface area (Å²) in [5.74, 6) is -1.29. The van der Waals surface area contributed by atoms with Crippen LogP contribution in [-0.4, -0.2) is 42.9 Å². The van der Waals surface area contributed by atoms with Crippen LogP contribution in [0, 0.1) is 0 Å². The molecule has 0 aromatic carbocycles. The van der Waals surface area contributed by atoms with Crippen molar-refractivity contribution in [3.63, 3.8) is 0 Å². The first kappa shape index (κ1) is 15.9. The maximum Gasteiger partial charge on any atom is 0.303 e. The standard InChI is InChI=1S/C12H21NO5S/c1-19(17,18)12(7-3-4-8-12)11(16)13-9-5-2-6-10(14)15/h2-9H2,1H3,(H,13,16)(H,14,15).